The first kappa shape index (κ1) is 11.3. The van der Waals surface area contributed by atoms with Crippen LogP contribution < -0.4 is 5.32 Å². The minimum absolute atomic E-state index is 0.683. The molecular weight excluding hydrogens is 204 g/mol. The summed E-state index contributed by atoms with van der Waals surface area (Å²) in [5, 5.41) is 4.86. The third kappa shape index (κ3) is 2.90. The van der Waals surface area contributed by atoms with Crippen molar-refractivity contribution in [1.29, 1.82) is 0 Å². The zero-order valence-electron chi connectivity index (χ0n) is 9.83. The molecule has 2 nitrogen and oxygen atoms in total. The molecule has 1 aliphatic carbocycles. The zero-order chi connectivity index (χ0) is 10.7. The molecule has 3 heteroatoms. The van der Waals surface area contributed by atoms with Gasteiger partial charge in [-0.25, -0.2) is 0 Å². The van der Waals surface area contributed by atoms with Crippen molar-refractivity contribution in [2.24, 2.45) is 16.8 Å². The van der Waals surface area contributed by atoms with Crippen LogP contribution in [0, 0.1) is 11.8 Å². The van der Waals surface area contributed by atoms with Crippen molar-refractivity contribution in [2.45, 2.75) is 45.6 Å². The molecule has 2 atom stereocenters. The second-order valence-corrected chi connectivity index (χ2v) is 6.06. The first-order valence-corrected chi connectivity index (χ1v) is 7.19. The Morgan fingerprint density at radius 3 is 2.80 bits per heavy atom. The third-order valence-electron chi connectivity index (χ3n) is 3.57. The van der Waals surface area contributed by atoms with Crippen LogP contribution in [0.2, 0.25) is 0 Å². The summed E-state index contributed by atoms with van der Waals surface area (Å²) in [6.45, 7) is 5.72. The van der Waals surface area contributed by atoms with Crippen LogP contribution in [0.25, 0.3) is 0 Å². The second kappa shape index (κ2) is 5.24. The molecule has 2 aliphatic rings. The smallest absolute Gasteiger partial charge is 0.156 e. The molecular formula is C12H22N2S. The number of rotatable bonds is 2. The Hall–Kier alpha value is -0.180. The van der Waals surface area contributed by atoms with Gasteiger partial charge in [0.15, 0.2) is 5.17 Å². The van der Waals surface area contributed by atoms with Crippen molar-refractivity contribution in [2.75, 3.05) is 12.3 Å². The maximum Gasteiger partial charge on any atom is 0.156 e. The van der Waals surface area contributed by atoms with Gasteiger partial charge in [-0.2, -0.15) is 0 Å². The van der Waals surface area contributed by atoms with Gasteiger partial charge in [0.05, 0.1) is 6.54 Å². The molecule has 1 aliphatic heterocycles. The lowest BCUT2D eigenvalue weighted by Crippen LogP contribution is -2.42. The molecule has 2 rings (SSSR count). The Balaban J connectivity index is 1.92. The van der Waals surface area contributed by atoms with Gasteiger partial charge in [-0.15, -0.1) is 0 Å². The summed E-state index contributed by atoms with van der Waals surface area (Å²) in [5.74, 6) is 2.82. The fourth-order valence-electron chi connectivity index (χ4n) is 2.72. The van der Waals surface area contributed by atoms with Gasteiger partial charge in [0, 0.05) is 11.8 Å². The summed E-state index contributed by atoms with van der Waals surface area (Å²) >= 11 is 1.89. The van der Waals surface area contributed by atoms with E-state index in [0.29, 0.717) is 6.04 Å². The molecule has 1 heterocycles. The van der Waals surface area contributed by atoms with Crippen molar-refractivity contribution in [3.8, 4) is 0 Å². The van der Waals surface area contributed by atoms with Crippen molar-refractivity contribution in [3.05, 3.63) is 0 Å². The van der Waals surface area contributed by atoms with E-state index in [2.05, 4.69) is 24.2 Å². The summed E-state index contributed by atoms with van der Waals surface area (Å²) in [5.41, 5.74) is 0. The lowest BCUT2D eigenvalue weighted by Gasteiger charge is -2.35. The normalized spacial score (nSPS) is 31.8. The topological polar surface area (TPSA) is 24.4 Å². The first-order valence-electron chi connectivity index (χ1n) is 6.21. The van der Waals surface area contributed by atoms with E-state index in [-0.39, 0.29) is 0 Å². The third-order valence-corrected chi connectivity index (χ3v) is 4.48. The largest absolute Gasteiger partial charge is 0.362 e. The maximum absolute atomic E-state index is 4.49. The minimum atomic E-state index is 0.683. The molecule has 0 saturated heterocycles. The highest BCUT2D eigenvalue weighted by Crippen LogP contribution is 2.30. The molecule has 1 fully saturated rings. The molecule has 0 amide bonds. The molecule has 2 unspecified atom stereocenters. The van der Waals surface area contributed by atoms with Gasteiger partial charge in [0.25, 0.3) is 0 Å². The molecule has 15 heavy (non-hydrogen) atoms. The maximum atomic E-state index is 4.49. The monoisotopic (exact) mass is 226 g/mol. The standard InChI is InChI=1S/C12H22N2S/c1-9(2)10-5-3-4-6-11(10)14-12-13-7-8-15-12/h9-11H,3-8H2,1-2H3,(H,13,14). The summed E-state index contributed by atoms with van der Waals surface area (Å²) < 4.78 is 0. The summed E-state index contributed by atoms with van der Waals surface area (Å²) in [6.07, 6.45) is 5.54. The minimum Gasteiger partial charge on any atom is -0.362 e. The van der Waals surface area contributed by atoms with Crippen LogP contribution >= 0.6 is 11.8 Å². The van der Waals surface area contributed by atoms with E-state index in [1.165, 1.54) is 36.6 Å². The summed E-state index contributed by atoms with van der Waals surface area (Å²) in [6, 6.07) is 0.683. The molecule has 0 aromatic heterocycles. The van der Waals surface area contributed by atoms with Gasteiger partial charge in [0.2, 0.25) is 0 Å². The number of nitrogens with zero attached hydrogens (tertiary/aromatic N) is 1. The van der Waals surface area contributed by atoms with Gasteiger partial charge in [-0.1, -0.05) is 38.5 Å². The van der Waals surface area contributed by atoms with Gasteiger partial charge in [0.1, 0.15) is 0 Å². The van der Waals surface area contributed by atoms with Crippen LogP contribution in [0.4, 0.5) is 0 Å². The Morgan fingerprint density at radius 2 is 2.13 bits per heavy atom. The molecule has 0 aromatic carbocycles. The highest BCUT2D eigenvalue weighted by molar-refractivity contribution is 8.14. The quantitative estimate of drug-likeness (QED) is 0.783. The molecule has 1 saturated carbocycles. The highest BCUT2D eigenvalue weighted by Gasteiger charge is 2.28. The lowest BCUT2D eigenvalue weighted by atomic mass is 9.78. The Bertz CT molecular complexity index is 238. The van der Waals surface area contributed by atoms with Crippen LogP contribution in [0.1, 0.15) is 39.5 Å². The van der Waals surface area contributed by atoms with Gasteiger partial charge >= 0.3 is 0 Å². The number of thioether (sulfide) groups is 1. The van der Waals surface area contributed by atoms with E-state index >= 15 is 0 Å². The Labute approximate surface area is 97.3 Å². The van der Waals surface area contributed by atoms with Crippen molar-refractivity contribution >= 4 is 16.9 Å². The Kier molecular flexibility index (Phi) is 3.95. The lowest BCUT2D eigenvalue weighted by molar-refractivity contribution is 0.225. The van der Waals surface area contributed by atoms with Crippen molar-refractivity contribution in [3.63, 3.8) is 0 Å². The van der Waals surface area contributed by atoms with Crippen LogP contribution in [-0.4, -0.2) is 23.5 Å². The van der Waals surface area contributed by atoms with E-state index in [9.17, 15) is 0 Å². The van der Waals surface area contributed by atoms with Gasteiger partial charge in [-0.05, 0) is 24.7 Å². The highest BCUT2D eigenvalue weighted by atomic mass is 32.2. The number of hydrogen-bond acceptors (Lipinski definition) is 3. The van der Waals surface area contributed by atoms with Gasteiger partial charge < -0.3 is 5.32 Å². The molecule has 0 aromatic rings. The molecule has 0 radical (unpaired) electrons. The fourth-order valence-corrected chi connectivity index (χ4v) is 3.51. The van der Waals surface area contributed by atoms with Crippen LogP contribution in [-0.2, 0) is 0 Å². The molecule has 86 valence electrons. The van der Waals surface area contributed by atoms with E-state index in [1.807, 2.05) is 11.8 Å². The van der Waals surface area contributed by atoms with E-state index in [4.69, 9.17) is 0 Å². The van der Waals surface area contributed by atoms with Crippen LogP contribution in [0.3, 0.4) is 0 Å². The zero-order valence-corrected chi connectivity index (χ0v) is 10.6. The first-order chi connectivity index (χ1) is 7.27. The Morgan fingerprint density at radius 1 is 1.33 bits per heavy atom. The predicted octanol–water partition coefficient (Wildman–Crippen LogP) is 2.89. The molecule has 0 spiro atoms. The number of hydrogen-bond donors (Lipinski definition) is 1. The summed E-state index contributed by atoms with van der Waals surface area (Å²) in [7, 11) is 0. The summed E-state index contributed by atoms with van der Waals surface area (Å²) in [4.78, 5) is 4.49. The van der Waals surface area contributed by atoms with Crippen LogP contribution in [0.15, 0.2) is 4.99 Å². The van der Waals surface area contributed by atoms with E-state index < -0.39 is 0 Å². The van der Waals surface area contributed by atoms with Crippen molar-refractivity contribution in [1.82, 2.24) is 5.32 Å². The number of aliphatic imine (C=N–C) groups is 1. The molecule has 1 N–H and O–H groups in total. The number of amidine groups is 1. The average Bonchev–Trinajstić information content (AvgIpc) is 2.71. The van der Waals surface area contributed by atoms with E-state index in [1.54, 1.807) is 0 Å². The second-order valence-electron chi connectivity index (χ2n) is 4.98. The number of nitrogens with one attached hydrogen (secondary N) is 1. The molecule has 0 bridgehead atoms. The SMILES string of the molecule is CC(C)C1CCCCC1NC1=NCCS1. The fraction of sp³-hybridized carbons (Fsp3) is 0.917. The van der Waals surface area contributed by atoms with Crippen LogP contribution in [0.5, 0.6) is 0 Å². The predicted molar refractivity (Wildman–Crippen MR) is 68.5 cm³/mol. The average molecular weight is 226 g/mol. The van der Waals surface area contributed by atoms with E-state index in [0.717, 1.165) is 18.4 Å². The van der Waals surface area contributed by atoms with Gasteiger partial charge in [-0.3, -0.25) is 4.99 Å². The van der Waals surface area contributed by atoms with Crippen molar-refractivity contribution < 1.29 is 0 Å².